The standard InChI is InChI=1S/C23H27N7/c1-15-18-6-4-5-7-20(18)25-23(24-15)14-30-10-8-17(9-11-30)21-12-22(27-26-21)19-13-29(3)28-16(19)2/h4-7,12-13,17H,8-11,14H2,1-3H3,(H,26,27). The Kier molecular flexibility index (Phi) is 4.83. The van der Waals surface area contributed by atoms with E-state index in [1.807, 2.05) is 37.0 Å². The Bertz CT molecular complexity index is 1180. The topological polar surface area (TPSA) is 75.5 Å². The lowest BCUT2D eigenvalue weighted by atomic mass is 9.93. The van der Waals surface area contributed by atoms with Crippen LogP contribution in [0.4, 0.5) is 0 Å². The van der Waals surface area contributed by atoms with E-state index in [-0.39, 0.29) is 0 Å². The molecule has 1 N–H and O–H groups in total. The number of nitrogens with zero attached hydrogens (tertiary/aromatic N) is 6. The third-order valence-electron chi connectivity index (χ3n) is 6.12. The number of likely N-dealkylation sites (tertiary alicyclic amines) is 1. The maximum Gasteiger partial charge on any atom is 0.143 e. The Balaban J connectivity index is 1.24. The maximum absolute atomic E-state index is 4.78. The second-order valence-electron chi connectivity index (χ2n) is 8.30. The fraction of sp³-hybridized carbons (Fsp3) is 0.391. The van der Waals surface area contributed by atoms with E-state index in [2.05, 4.69) is 45.3 Å². The number of benzene rings is 1. The van der Waals surface area contributed by atoms with Crippen molar-refractivity contribution in [3.05, 3.63) is 59.4 Å². The van der Waals surface area contributed by atoms with Gasteiger partial charge in [-0.1, -0.05) is 18.2 Å². The Hall–Kier alpha value is -3.06. The average molecular weight is 402 g/mol. The minimum atomic E-state index is 0.513. The van der Waals surface area contributed by atoms with Gasteiger partial charge in [0.2, 0.25) is 0 Å². The summed E-state index contributed by atoms with van der Waals surface area (Å²) >= 11 is 0. The van der Waals surface area contributed by atoms with Crippen molar-refractivity contribution < 1.29 is 0 Å². The van der Waals surface area contributed by atoms with Crippen LogP contribution >= 0.6 is 0 Å². The highest BCUT2D eigenvalue weighted by atomic mass is 15.3. The molecule has 1 aliphatic heterocycles. The summed E-state index contributed by atoms with van der Waals surface area (Å²) in [5.41, 5.74) is 6.41. The van der Waals surface area contributed by atoms with Crippen molar-refractivity contribution in [2.45, 2.75) is 39.2 Å². The van der Waals surface area contributed by atoms with Crippen LogP contribution in [0.15, 0.2) is 36.5 Å². The molecule has 5 rings (SSSR count). The van der Waals surface area contributed by atoms with Crippen molar-refractivity contribution in [3.8, 4) is 11.3 Å². The quantitative estimate of drug-likeness (QED) is 0.564. The second-order valence-corrected chi connectivity index (χ2v) is 8.30. The Labute approximate surface area is 176 Å². The maximum atomic E-state index is 4.78. The highest BCUT2D eigenvalue weighted by Gasteiger charge is 2.23. The molecule has 1 saturated heterocycles. The van der Waals surface area contributed by atoms with Crippen LogP contribution in [0.5, 0.6) is 0 Å². The van der Waals surface area contributed by atoms with Crippen LogP contribution < -0.4 is 0 Å². The van der Waals surface area contributed by atoms with Gasteiger partial charge in [0.25, 0.3) is 0 Å². The summed E-state index contributed by atoms with van der Waals surface area (Å²) in [5, 5.41) is 13.4. The van der Waals surface area contributed by atoms with Gasteiger partial charge in [0.05, 0.1) is 23.4 Å². The Morgan fingerprint density at radius 1 is 1.07 bits per heavy atom. The van der Waals surface area contributed by atoms with Crippen molar-refractivity contribution in [1.29, 1.82) is 0 Å². The molecule has 0 radical (unpaired) electrons. The van der Waals surface area contributed by atoms with Crippen LogP contribution in [0.1, 0.15) is 41.7 Å². The minimum Gasteiger partial charge on any atom is -0.296 e. The zero-order valence-electron chi connectivity index (χ0n) is 17.8. The lowest BCUT2D eigenvalue weighted by molar-refractivity contribution is 0.199. The summed E-state index contributed by atoms with van der Waals surface area (Å²) in [6, 6.07) is 10.4. The van der Waals surface area contributed by atoms with E-state index < -0.39 is 0 Å². The first kappa shape index (κ1) is 18.9. The normalized spacial score (nSPS) is 15.8. The molecule has 30 heavy (non-hydrogen) atoms. The summed E-state index contributed by atoms with van der Waals surface area (Å²) in [6.07, 6.45) is 4.25. The van der Waals surface area contributed by atoms with Crippen molar-refractivity contribution in [2.24, 2.45) is 7.05 Å². The van der Waals surface area contributed by atoms with E-state index >= 15 is 0 Å². The molecule has 3 aromatic heterocycles. The molecule has 1 fully saturated rings. The zero-order valence-corrected chi connectivity index (χ0v) is 17.8. The van der Waals surface area contributed by atoms with Crippen LogP contribution in [0.3, 0.4) is 0 Å². The largest absolute Gasteiger partial charge is 0.296 e. The van der Waals surface area contributed by atoms with Gasteiger partial charge >= 0.3 is 0 Å². The van der Waals surface area contributed by atoms with Crippen molar-refractivity contribution in [3.63, 3.8) is 0 Å². The molecule has 0 amide bonds. The smallest absolute Gasteiger partial charge is 0.143 e. The number of piperidine rings is 1. The second kappa shape index (κ2) is 7.65. The predicted molar refractivity (Wildman–Crippen MR) is 117 cm³/mol. The van der Waals surface area contributed by atoms with Gasteiger partial charge in [-0.05, 0) is 51.9 Å². The molecule has 7 nitrogen and oxygen atoms in total. The number of aryl methyl sites for hydroxylation is 3. The molecular formula is C23H27N7. The van der Waals surface area contributed by atoms with Gasteiger partial charge in [-0.15, -0.1) is 0 Å². The third-order valence-corrected chi connectivity index (χ3v) is 6.12. The summed E-state index contributed by atoms with van der Waals surface area (Å²) in [6.45, 7) is 6.99. The average Bonchev–Trinajstić information content (AvgIpc) is 3.35. The number of H-pyrrole nitrogens is 1. The molecule has 4 aromatic rings. The monoisotopic (exact) mass is 401 g/mol. The number of fused-ring (bicyclic) bond motifs is 1. The highest BCUT2D eigenvalue weighted by molar-refractivity contribution is 5.80. The lowest BCUT2D eigenvalue weighted by Crippen LogP contribution is -2.33. The Morgan fingerprint density at radius 3 is 2.63 bits per heavy atom. The zero-order chi connectivity index (χ0) is 20.7. The van der Waals surface area contributed by atoms with Gasteiger partial charge in [-0.25, -0.2) is 9.97 Å². The molecule has 154 valence electrons. The van der Waals surface area contributed by atoms with Gasteiger partial charge in [-0.2, -0.15) is 10.2 Å². The van der Waals surface area contributed by atoms with Gasteiger partial charge in [-0.3, -0.25) is 14.7 Å². The van der Waals surface area contributed by atoms with Gasteiger partial charge < -0.3 is 0 Å². The van der Waals surface area contributed by atoms with E-state index in [4.69, 9.17) is 9.97 Å². The van der Waals surface area contributed by atoms with Gasteiger partial charge in [0, 0.05) is 41.5 Å². The fourth-order valence-electron chi connectivity index (χ4n) is 4.50. The number of nitrogens with one attached hydrogen (secondary N) is 1. The summed E-state index contributed by atoms with van der Waals surface area (Å²) in [4.78, 5) is 12.0. The van der Waals surface area contributed by atoms with E-state index in [9.17, 15) is 0 Å². The summed E-state index contributed by atoms with van der Waals surface area (Å²) in [7, 11) is 1.94. The van der Waals surface area contributed by atoms with Crippen LogP contribution in [0.2, 0.25) is 0 Å². The predicted octanol–water partition coefficient (Wildman–Crippen LogP) is 3.75. The summed E-state index contributed by atoms with van der Waals surface area (Å²) < 4.78 is 1.84. The lowest BCUT2D eigenvalue weighted by Gasteiger charge is -2.30. The fourth-order valence-corrected chi connectivity index (χ4v) is 4.50. The van der Waals surface area contributed by atoms with E-state index in [1.54, 1.807) is 0 Å². The van der Waals surface area contributed by atoms with Crippen LogP contribution in [0.25, 0.3) is 22.2 Å². The molecule has 0 aliphatic carbocycles. The number of rotatable bonds is 4. The molecule has 0 saturated carbocycles. The minimum absolute atomic E-state index is 0.513. The van der Waals surface area contributed by atoms with E-state index in [0.29, 0.717) is 5.92 Å². The number of para-hydroxylation sites is 1. The SMILES string of the molecule is Cc1nn(C)cc1-c1cc(C2CCN(Cc3nc(C)c4ccccc4n3)CC2)[nH]n1. The van der Waals surface area contributed by atoms with Crippen LogP contribution in [-0.2, 0) is 13.6 Å². The summed E-state index contributed by atoms with van der Waals surface area (Å²) in [5.74, 6) is 1.43. The molecule has 1 aliphatic rings. The van der Waals surface area contributed by atoms with E-state index in [0.717, 1.165) is 71.8 Å². The first-order chi connectivity index (χ1) is 14.6. The van der Waals surface area contributed by atoms with Gasteiger partial charge in [0.15, 0.2) is 0 Å². The number of aromatic nitrogens is 6. The highest BCUT2D eigenvalue weighted by Crippen LogP contribution is 2.30. The van der Waals surface area contributed by atoms with Crippen molar-refractivity contribution in [1.82, 2.24) is 34.8 Å². The number of hydrogen-bond acceptors (Lipinski definition) is 5. The molecule has 7 heteroatoms. The Morgan fingerprint density at radius 2 is 1.87 bits per heavy atom. The molecule has 0 unspecified atom stereocenters. The van der Waals surface area contributed by atoms with Gasteiger partial charge in [0.1, 0.15) is 5.82 Å². The van der Waals surface area contributed by atoms with Crippen LogP contribution in [-0.4, -0.2) is 47.9 Å². The molecule has 0 bridgehead atoms. The van der Waals surface area contributed by atoms with E-state index in [1.165, 1.54) is 5.69 Å². The molecule has 1 aromatic carbocycles. The molecule has 0 atom stereocenters. The third kappa shape index (κ3) is 3.61. The van der Waals surface area contributed by atoms with Crippen molar-refractivity contribution >= 4 is 10.9 Å². The van der Waals surface area contributed by atoms with Crippen molar-refractivity contribution in [2.75, 3.05) is 13.1 Å². The first-order valence-electron chi connectivity index (χ1n) is 10.6. The number of aromatic amines is 1. The molecular weight excluding hydrogens is 374 g/mol. The van der Waals surface area contributed by atoms with Crippen LogP contribution in [0, 0.1) is 13.8 Å². The molecule has 4 heterocycles. The first-order valence-corrected chi connectivity index (χ1v) is 10.6. The number of hydrogen-bond donors (Lipinski definition) is 1. The molecule has 0 spiro atoms.